The molecule has 1 aromatic heterocycles. The summed E-state index contributed by atoms with van der Waals surface area (Å²) in [7, 11) is 1.09. The van der Waals surface area contributed by atoms with Crippen molar-refractivity contribution in [1.29, 1.82) is 0 Å². The second-order valence-electron chi connectivity index (χ2n) is 16.0. The Balaban J connectivity index is 1.56. The van der Waals surface area contributed by atoms with E-state index in [1.807, 2.05) is 0 Å². The average molecular weight is 809 g/mol. The van der Waals surface area contributed by atoms with E-state index in [4.69, 9.17) is 28.4 Å². The van der Waals surface area contributed by atoms with E-state index in [1.165, 1.54) is 50.5 Å². The third-order valence-corrected chi connectivity index (χ3v) is 12.5. The molecule has 2 heterocycles. The molecule has 3 fully saturated rings. The van der Waals surface area contributed by atoms with Gasteiger partial charge in [-0.2, -0.15) is 0 Å². The molecule has 0 spiro atoms. The van der Waals surface area contributed by atoms with Gasteiger partial charge in [-0.15, -0.1) is 0 Å². The minimum atomic E-state index is -2.40. The molecule has 1 saturated heterocycles. The molecule has 2 bridgehead atoms. The third-order valence-electron chi connectivity index (χ3n) is 12.5. The summed E-state index contributed by atoms with van der Waals surface area (Å²) in [4.78, 5) is 85.6. The lowest BCUT2D eigenvalue weighted by Crippen LogP contribution is -2.82. The number of alkyl carbamates (subject to hydrolysis) is 1. The molecule has 11 atom stereocenters. The largest absolute Gasteiger partial charge is 0.456 e. The molecule has 1 aromatic carbocycles. The van der Waals surface area contributed by atoms with Crippen molar-refractivity contribution >= 4 is 35.8 Å². The highest BCUT2D eigenvalue weighted by atomic mass is 16.6. The lowest BCUT2D eigenvalue weighted by Gasteiger charge is -2.67. The van der Waals surface area contributed by atoms with E-state index in [-0.39, 0.29) is 35.3 Å². The first-order valence-corrected chi connectivity index (χ1v) is 18.8. The van der Waals surface area contributed by atoms with Crippen LogP contribution in [0.5, 0.6) is 0 Å². The van der Waals surface area contributed by atoms with Crippen molar-refractivity contribution in [3.63, 3.8) is 0 Å². The number of aliphatic hydroxyl groups excluding tert-OH is 2. The number of pyridine rings is 1. The quantitative estimate of drug-likeness (QED) is 0.161. The van der Waals surface area contributed by atoms with E-state index < -0.39 is 113 Å². The summed E-state index contributed by atoms with van der Waals surface area (Å²) in [5.74, 6) is -6.34. The highest BCUT2D eigenvalue weighted by Crippen LogP contribution is 2.64. The normalized spacial score (nSPS) is 33.2. The van der Waals surface area contributed by atoms with E-state index >= 15 is 4.79 Å². The minimum absolute atomic E-state index is 0.0201. The molecule has 0 unspecified atom stereocenters. The van der Waals surface area contributed by atoms with Gasteiger partial charge in [0.05, 0.1) is 42.8 Å². The number of carbonyl (C=O) groups is 6. The molecule has 4 N–H and O–H groups in total. The first kappa shape index (κ1) is 42.4. The number of rotatable bonds is 9. The van der Waals surface area contributed by atoms with Crippen molar-refractivity contribution in [3.8, 4) is 0 Å². The first-order valence-electron chi connectivity index (χ1n) is 18.8. The topological polar surface area (TPSA) is 243 Å². The van der Waals surface area contributed by atoms with E-state index in [0.29, 0.717) is 0 Å². The van der Waals surface area contributed by atoms with Crippen LogP contribution in [0.2, 0.25) is 0 Å². The number of hydrogen-bond donors (Lipinski definition) is 4. The lowest BCUT2D eigenvalue weighted by atomic mass is 9.44. The van der Waals surface area contributed by atoms with E-state index in [9.17, 15) is 39.3 Å². The predicted octanol–water partition coefficient (Wildman–Crippen LogP) is 2.06. The van der Waals surface area contributed by atoms with Gasteiger partial charge in [-0.25, -0.2) is 14.4 Å². The average Bonchev–Trinajstić information content (AvgIpc) is 3.18. The van der Waals surface area contributed by atoms with Crippen LogP contribution in [0, 0.1) is 16.7 Å². The number of benzene rings is 1. The van der Waals surface area contributed by atoms with Gasteiger partial charge in [-0.3, -0.25) is 19.4 Å². The summed E-state index contributed by atoms with van der Waals surface area (Å²) < 4.78 is 34.7. The van der Waals surface area contributed by atoms with Gasteiger partial charge in [0.2, 0.25) is 0 Å². The Labute approximate surface area is 334 Å². The number of ether oxygens (including phenoxy) is 6. The molecular weight excluding hydrogens is 760 g/mol. The molecule has 58 heavy (non-hydrogen) atoms. The van der Waals surface area contributed by atoms with Crippen LogP contribution < -0.4 is 5.32 Å². The molecule has 17 nitrogen and oxygen atoms in total. The van der Waals surface area contributed by atoms with Crippen molar-refractivity contribution in [2.24, 2.45) is 16.7 Å². The number of nitrogens with zero attached hydrogens (tertiary/aromatic N) is 1. The maximum Gasteiger partial charge on any atom is 0.407 e. The number of fused-ring (bicyclic) bond motifs is 5. The fraction of sp³-hybridized carbons (Fsp3) is 0.537. The van der Waals surface area contributed by atoms with Gasteiger partial charge >= 0.3 is 30.0 Å². The van der Waals surface area contributed by atoms with Gasteiger partial charge in [-0.1, -0.05) is 32.0 Å². The number of hydrogen-bond acceptors (Lipinski definition) is 16. The molecule has 3 aliphatic carbocycles. The van der Waals surface area contributed by atoms with Gasteiger partial charge in [-0.05, 0) is 54.8 Å². The zero-order chi connectivity index (χ0) is 42.5. The molecule has 312 valence electrons. The second kappa shape index (κ2) is 15.5. The zero-order valence-electron chi connectivity index (χ0n) is 33.1. The van der Waals surface area contributed by atoms with Crippen molar-refractivity contribution in [1.82, 2.24) is 10.3 Å². The van der Waals surface area contributed by atoms with Gasteiger partial charge < -0.3 is 49.1 Å². The van der Waals surface area contributed by atoms with Gasteiger partial charge in [0.15, 0.2) is 23.6 Å². The van der Waals surface area contributed by atoms with E-state index in [1.54, 1.807) is 32.0 Å². The molecule has 6 rings (SSSR count). The van der Waals surface area contributed by atoms with Crippen LogP contribution >= 0.6 is 0 Å². The Hall–Kier alpha value is -5.23. The Morgan fingerprint density at radius 2 is 1.62 bits per heavy atom. The number of nitrogens with one attached hydrogen (secondary N) is 1. The summed E-state index contributed by atoms with van der Waals surface area (Å²) >= 11 is 0. The standard InChI is InChI=1S/C41H48N2O15/c1-20-25(56-36(50)30(47)29(43-37(51)53-7)23-13-15-42-16-14-23)18-41(52)34(57-35(49)24-11-9-8-10-12-24)32-39(6,26(46)17-27-40(32,19-54-27)58-22(3)45)33(48)31(55-21(2)44)28(20)38(41,4)5/h8-16,25-27,29-32,34,46-47,52H,17-19H2,1-7H3,(H,43,51)/t25-,26-,27+,29-,30+,31+,32-,34-,39+,40-,41+/m0/s1. The number of amides is 1. The van der Waals surface area contributed by atoms with Crippen LogP contribution in [-0.2, 0) is 47.6 Å². The van der Waals surface area contributed by atoms with Crippen molar-refractivity contribution in [3.05, 3.63) is 77.1 Å². The van der Waals surface area contributed by atoms with Gasteiger partial charge in [0.25, 0.3) is 0 Å². The fourth-order valence-corrected chi connectivity index (χ4v) is 9.46. The Kier molecular flexibility index (Phi) is 11.3. The summed E-state index contributed by atoms with van der Waals surface area (Å²) in [5.41, 5.74) is -7.45. The molecule has 2 aromatic rings. The maximum absolute atomic E-state index is 15.4. The molecule has 1 aliphatic heterocycles. The number of carbonyl (C=O) groups excluding carboxylic acids is 6. The minimum Gasteiger partial charge on any atom is -0.456 e. The number of aromatic nitrogens is 1. The number of esters is 4. The monoisotopic (exact) mass is 808 g/mol. The number of ketones is 1. The number of methoxy groups -OCH3 is 1. The van der Waals surface area contributed by atoms with Crippen molar-refractivity contribution < 1.29 is 72.5 Å². The zero-order valence-corrected chi connectivity index (χ0v) is 33.1. The van der Waals surface area contributed by atoms with E-state index in [0.717, 1.165) is 21.0 Å². The Morgan fingerprint density at radius 1 is 0.966 bits per heavy atom. The molecule has 1 amide bonds. The molecule has 0 radical (unpaired) electrons. The van der Waals surface area contributed by atoms with Crippen LogP contribution in [0.1, 0.15) is 76.3 Å². The van der Waals surface area contributed by atoms with Crippen LogP contribution in [0.15, 0.2) is 66.0 Å². The number of aliphatic hydroxyl groups is 3. The number of Topliss-reactive ketones (excluding diaryl/α,β-unsaturated/α-hetero) is 1. The summed E-state index contributed by atoms with van der Waals surface area (Å²) in [6, 6.07) is 9.27. The molecule has 2 saturated carbocycles. The predicted molar refractivity (Wildman–Crippen MR) is 197 cm³/mol. The molecule has 17 heteroatoms. The van der Waals surface area contributed by atoms with Crippen molar-refractivity contribution in [2.75, 3.05) is 13.7 Å². The summed E-state index contributed by atoms with van der Waals surface area (Å²) in [5, 5.41) is 39.4. The maximum atomic E-state index is 15.4. The fourth-order valence-electron chi connectivity index (χ4n) is 9.46. The van der Waals surface area contributed by atoms with Gasteiger partial charge in [0.1, 0.15) is 23.9 Å². The summed E-state index contributed by atoms with van der Waals surface area (Å²) in [6.07, 6.45) is -8.84. The Bertz CT molecular complexity index is 2010. The SMILES string of the molecule is COC(=O)N[C@@H](c1ccncc1)[C@@H](O)C(=O)O[C@H]1C[C@@]2(O)[C@@H](OC(=O)c3ccccc3)[C@@H]3[C@]4(OC(C)=O)CO[C@@H]4C[C@H](O)[C@@]3(C)C(=O)[C@H](OC(C)=O)C(=C1C)C2(C)C. The molecular formula is C41H48N2O15. The Morgan fingerprint density at radius 3 is 2.19 bits per heavy atom. The van der Waals surface area contributed by atoms with Crippen molar-refractivity contribution in [2.45, 2.75) is 108 Å². The van der Waals surface area contributed by atoms with Gasteiger partial charge in [0, 0.05) is 44.5 Å². The smallest absolute Gasteiger partial charge is 0.407 e. The van der Waals surface area contributed by atoms with Crippen LogP contribution in [-0.4, -0.2) is 118 Å². The van der Waals surface area contributed by atoms with E-state index in [2.05, 4.69) is 10.3 Å². The highest BCUT2D eigenvalue weighted by molar-refractivity contribution is 5.95. The van der Waals surface area contributed by atoms with Crippen LogP contribution in [0.4, 0.5) is 4.79 Å². The lowest BCUT2D eigenvalue weighted by molar-refractivity contribution is -0.346. The summed E-state index contributed by atoms with van der Waals surface area (Å²) in [6.45, 7) is 7.87. The highest BCUT2D eigenvalue weighted by Gasteiger charge is 2.78. The molecule has 4 aliphatic rings. The third kappa shape index (κ3) is 6.82. The van der Waals surface area contributed by atoms with Crippen LogP contribution in [0.25, 0.3) is 0 Å². The van der Waals surface area contributed by atoms with Crippen LogP contribution in [0.3, 0.4) is 0 Å². The first-order chi connectivity index (χ1) is 27.2. The second-order valence-corrected chi connectivity index (χ2v) is 16.0.